The van der Waals surface area contributed by atoms with Gasteiger partial charge in [-0.05, 0) is 19.5 Å². The van der Waals surface area contributed by atoms with E-state index >= 15 is 0 Å². The van der Waals surface area contributed by atoms with Crippen molar-refractivity contribution in [1.29, 1.82) is 0 Å². The van der Waals surface area contributed by atoms with Crippen molar-refractivity contribution in [3.8, 4) is 0 Å². The van der Waals surface area contributed by atoms with Gasteiger partial charge in [0.05, 0.1) is 6.42 Å². The van der Waals surface area contributed by atoms with Crippen molar-refractivity contribution in [1.82, 2.24) is 15.5 Å². The van der Waals surface area contributed by atoms with Crippen LogP contribution >= 0.6 is 0 Å². The molecule has 4 heteroatoms. The molecule has 0 bridgehead atoms. The van der Waals surface area contributed by atoms with Crippen molar-refractivity contribution in [3.05, 3.63) is 47.2 Å². The summed E-state index contributed by atoms with van der Waals surface area (Å²) in [5.41, 5.74) is 2.45. The highest BCUT2D eigenvalue weighted by atomic mass is 16.4. The molecule has 2 aromatic rings. The fourth-order valence-corrected chi connectivity index (χ4v) is 1.57. The maximum atomic E-state index is 5.56. The highest BCUT2D eigenvalue weighted by Crippen LogP contribution is 2.09. The maximum Gasteiger partial charge on any atom is 0.220 e. The van der Waals surface area contributed by atoms with Gasteiger partial charge in [-0.25, -0.2) is 0 Å². The quantitative estimate of drug-likeness (QED) is 0.851. The minimum absolute atomic E-state index is 0.681. The fraction of sp³-hybridized carbons (Fsp3) is 0.385. The molecule has 0 atom stereocenters. The van der Waals surface area contributed by atoms with E-state index in [2.05, 4.69) is 46.7 Å². The smallest absolute Gasteiger partial charge is 0.220 e. The van der Waals surface area contributed by atoms with Crippen molar-refractivity contribution < 1.29 is 4.42 Å². The molecule has 0 saturated heterocycles. The van der Waals surface area contributed by atoms with E-state index in [1.165, 1.54) is 11.1 Å². The number of rotatable bonds is 5. The van der Waals surface area contributed by atoms with E-state index in [1.54, 1.807) is 0 Å². The Labute approximate surface area is 101 Å². The SMILES string of the molecule is CNCCc1nnc(Cc2ccc(C)cc2)o1. The van der Waals surface area contributed by atoms with Gasteiger partial charge in [0.1, 0.15) is 0 Å². The number of hydrogen-bond donors (Lipinski definition) is 1. The number of aryl methyl sites for hydroxylation is 1. The van der Waals surface area contributed by atoms with Gasteiger partial charge in [0.15, 0.2) is 0 Å². The molecule has 1 aromatic carbocycles. The van der Waals surface area contributed by atoms with Gasteiger partial charge in [0, 0.05) is 13.0 Å². The Balaban J connectivity index is 1.98. The lowest BCUT2D eigenvalue weighted by Gasteiger charge is -1.97. The summed E-state index contributed by atoms with van der Waals surface area (Å²) in [7, 11) is 1.91. The first-order chi connectivity index (χ1) is 8.28. The van der Waals surface area contributed by atoms with E-state index in [-0.39, 0.29) is 0 Å². The van der Waals surface area contributed by atoms with Crippen LogP contribution in [0.3, 0.4) is 0 Å². The highest BCUT2D eigenvalue weighted by Gasteiger charge is 2.06. The summed E-state index contributed by atoms with van der Waals surface area (Å²) >= 11 is 0. The minimum atomic E-state index is 0.681. The number of benzene rings is 1. The van der Waals surface area contributed by atoms with Crippen LogP contribution in [0, 0.1) is 6.92 Å². The van der Waals surface area contributed by atoms with Crippen LogP contribution < -0.4 is 5.32 Å². The molecule has 90 valence electrons. The monoisotopic (exact) mass is 231 g/mol. The second-order valence-electron chi connectivity index (χ2n) is 4.11. The predicted octanol–water partition coefficient (Wildman–Crippen LogP) is 1.73. The van der Waals surface area contributed by atoms with Crippen molar-refractivity contribution >= 4 is 0 Å². The largest absolute Gasteiger partial charge is 0.425 e. The standard InChI is InChI=1S/C13H17N3O/c1-10-3-5-11(6-4-10)9-13-16-15-12(17-13)7-8-14-2/h3-6,14H,7-9H2,1-2H3. The van der Waals surface area contributed by atoms with Crippen LogP contribution in [0.4, 0.5) is 0 Å². The normalized spacial score (nSPS) is 10.7. The van der Waals surface area contributed by atoms with Gasteiger partial charge in [0.2, 0.25) is 11.8 Å². The number of aromatic nitrogens is 2. The Morgan fingerprint density at radius 1 is 1.12 bits per heavy atom. The van der Waals surface area contributed by atoms with Crippen molar-refractivity contribution in [2.24, 2.45) is 0 Å². The number of hydrogen-bond acceptors (Lipinski definition) is 4. The molecule has 2 rings (SSSR count). The van der Waals surface area contributed by atoms with Crippen LogP contribution in [0.15, 0.2) is 28.7 Å². The molecular formula is C13H17N3O. The molecule has 4 nitrogen and oxygen atoms in total. The minimum Gasteiger partial charge on any atom is -0.425 e. The molecule has 0 radical (unpaired) electrons. The van der Waals surface area contributed by atoms with E-state index in [9.17, 15) is 0 Å². The average molecular weight is 231 g/mol. The van der Waals surface area contributed by atoms with E-state index in [0.717, 1.165) is 13.0 Å². The molecule has 0 aliphatic carbocycles. The summed E-state index contributed by atoms with van der Waals surface area (Å²) in [5, 5.41) is 11.1. The van der Waals surface area contributed by atoms with Crippen LogP contribution in [0.25, 0.3) is 0 Å². The van der Waals surface area contributed by atoms with Gasteiger partial charge in [-0.15, -0.1) is 10.2 Å². The topological polar surface area (TPSA) is 51.0 Å². The van der Waals surface area contributed by atoms with Gasteiger partial charge in [-0.3, -0.25) is 0 Å². The summed E-state index contributed by atoms with van der Waals surface area (Å²) in [5.74, 6) is 1.38. The third kappa shape index (κ3) is 3.39. The Morgan fingerprint density at radius 3 is 2.53 bits per heavy atom. The zero-order valence-electron chi connectivity index (χ0n) is 10.2. The molecule has 1 N–H and O–H groups in total. The molecule has 1 aromatic heterocycles. The third-order valence-electron chi connectivity index (χ3n) is 2.57. The molecule has 1 heterocycles. The first-order valence-corrected chi connectivity index (χ1v) is 5.79. The molecule has 0 fully saturated rings. The van der Waals surface area contributed by atoms with Gasteiger partial charge in [-0.2, -0.15) is 0 Å². The molecule has 17 heavy (non-hydrogen) atoms. The van der Waals surface area contributed by atoms with E-state index in [4.69, 9.17) is 4.42 Å². The number of likely N-dealkylation sites (N-methyl/N-ethyl adjacent to an activating group) is 1. The summed E-state index contributed by atoms with van der Waals surface area (Å²) in [4.78, 5) is 0. The van der Waals surface area contributed by atoms with Crippen molar-refractivity contribution in [2.45, 2.75) is 19.8 Å². The Kier molecular flexibility index (Phi) is 3.88. The van der Waals surface area contributed by atoms with E-state index in [1.807, 2.05) is 7.05 Å². The Morgan fingerprint density at radius 2 is 1.82 bits per heavy atom. The third-order valence-corrected chi connectivity index (χ3v) is 2.57. The Hall–Kier alpha value is -1.68. The summed E-state index contributed by atoms with van der Waals surface area (Å²) in [6.07, 6.45) is 1.48. The summed E-state index contributed by atoms with van der Waals surface area (Å²) in [6.45, 7) is 2.93. The fourth-order valence-electron chi connectivity index (χ4n) is 1.57. The summed E-state index contributed by atoms with van der Waals surface area (Å²) < 4.78 is 5.56. The van der Waals surface area contributed by atoms with Crippen LogP contribution in [-0.2, 0) is 12.8 Å². The summed E-state index contributed by atoms with van der Waals surface area (Å²) in [6, 6.07) is 8.36. The molecule has 0 aliphatic rings. The van der Waals surface area contributed by atoms with E-state index < -0.39 is 0 Å². The first kappa shape index (κ1) is 11.8. The van der Waals surface area contributed by atoms with Gasteiger partial charge < -0.3 is 9.73 Å². The molecule has 0 aliphatic heterocycles. The zero-order chi connectivity index (χ0) is 12.1. The van der Waals surface area contributed by atoms with Crippen LogP contribution in [0.5, 0.6) is 0 Å². The lowest BCUT2D eigenvalue weighted by atomic mass is 10.1. The molecule has 0 spiro atoms. The maximum absolute atomic E-state index is 5.56. The van der Waals surface area contributed by atoms with Crippen molar-refractivity contribution in [3.63, 3.8) is 0 Å². The number of nitrogens with zero attached hydrogens (tertiary/aromatic N) is 2. The van der Waals surface area contributed by atoms with Crippen LogP contribution in [-0.4, -0.2) is 23.8 Å². The molecule has 0 saturated carbocycles. The molecule has 0 unspecified atom stereocenters. The van der Waals surface area contributed by atoms with Crippen LogP contribution in [0.2, 0.25) is 0 Å². The second kappa shape index (κ2) is 5.59. The lowest BCUT2D eigenvalue weighted by molar-refractivity contribution is 0.454. The number of nitrogens with one attached hydrogen (secondary N) is 1. The Bertz CT molecular complexity index is 462. The van der Waals surface area contributed by atoms with Gasteiger partial charge in [-0.1, -0.05) is 29.8 Å². The van der Waals surface area contributed by atoms with Gasteiger partial charge in [0.25, 0.3) is 0 Å². The van der Waals surface area contributed by atoms with E-state index in [0.29, 0.717) is 18.2 Å². The van der Waals surface area contributed by atoms with Crippen molar-refractivity contribution in [2.75, 3.05) is 13.6 Å². The molecule has 0 amide bonds. The predicted molar refractivity (Wildman–Crippen MR) is 65.9 cm³/mol. The second-order valence-corrected chi connectivity index (χ2v) is 4.11. The van der Waals surface area contributed by atoms with Gasteiger partial charge >= 0.3 is 0 Å². The van der Waals surface area contributed by atoms with Crippen LogP contribution in [0.1, 0.15) is 22.9 Å². The highest BCUT2D eigenvalue weighted by molar-refractivity contribution is 5.23. The molecular weight excluding hydrogens is 214 g/mol. The zero-order valence-corrected chi connectivity index (χ0v) is 10.2. The lowest BCUT2D eigenvalue weighted by Crippen LogP contribution is -2.10. The average Bonchev–Trinajstić information content (AvgIpc) is 2.77. The first-order valence-electron chi connectivity index (χ1n) is 5.79.